The summed E-state index contributed by atoms with van der Waals surface area (Å²) in [7, 11) is 0. The third-order valence-electron chi connectivity index (χ3n) is 7.51. The predicted octanol–water partition coefficient (Wildman–Crippen LogP) is 4.90. The first-order valence-corrected chi connectivity index (χ1v) is 12.5. The van der Waals surface area contributed by atoms with E-state index in [0.717, 1.165) is 31.2 Å². The van der Waals surface area contributed by atoms with E-state index in [4.69, 9.17) is 21.1 Å². The van der Waals surface area contributed by atoms with Gasteiger partial charge < -0.3 is 19.5 Å². The van der Waals surface area contributed by atoms with Crippen molar-refractivity contribution in [2.24, 2.45) is 0 Å². The fraction of sp³-hybridized carbons (Fsp3) is 0.481. The van der Waals surface area contributed by atoms with Gasteiger partial charge >= 0.3 is 0 Å². The Morgan fingerprint density at radius 2 is 1.74 bits per heavy atom. The van der Waals surface area contributed by atoms with Crippen molar-refractivity contribution < 1.29 is 24.2 Å². The second-order valence-electron chi connectivity index (χ2n) is 9.81. The van der Waals surface area contributed by atoms with E-state index < -0.39 is 5.60 Å². The average molecular weight is 484 g/mol. The van der Waals surface area contributed by atoms with Crippen LogP contribution in [0.15, 0.2) is 42.5 Å². The van der Waals surface area contributed by atoms with Gasteiger partial charge in [0, 0.05) is 24.2 Å². The van der Waals surface area contributed by atoms with Gasteiger partial charge in [-0.25, -0.2) is 0 Å². The molecule has 1 aliphatic carbocycles. The molecule has 0 aromatic heterocycles. The number of ketones is 1. The number of nitrogens with zero attached hydrogens (tertiary/aromatic N) is 1. The number of piperidine rings is 1. The van der Waals surface area contributed by atoms with Crippen LogP contribution in [-0.4, -0.2) is 47.0 Å². The molecular formula is C27H30ClNO5. The Labute approximate surface area is 204 Å². The van der Waals surface area contributed by atoms with Gasteiger partial charge in [-0.3, -0.25) is 9.59 Å². The molecule has 2 aliphatic heterocycles. The average Bonchev–Trinajstić information content (AvgIpc) is 2.83. The van der Waals surface area contributed by atoms with E-state index in [9.17, 15) is 14.7 Å². The number of likely N-dealkylation sites (tertiary alicyclic amines) is 1. The van der Waals surface area contributed by atoms with E-state index in [-0.39, 0.29) is 23.9 Å². The normalized spacial score (nSPS) is 21.0. The summed E-state index contributed by atoms with van der Waals surface area (Å²) in [6.07, 6.45) is 6.50. The van der Waals surface area contributed by atoms with Crippen LogP contribution in [0.5, 0.6) is 11.5 Å². The van der Waals surface area contributed by atoms with Gasteiger partial charge in [-0.05, 0) is 68.4 Å². The minimum atomic E-state index is -0.959. The number of hydrogen-bond acceptors (Lipinski definition) is 5. The SMILES string of the molecule is O=C1CC2(CCCCC2)Oc2cc(OCC(=O)N3CCC(O)(c4ccc(Cl)cc4)CC3)ccc21. The highest BCUT2D eigenvalue weighted by Crippen LogP contribution is 2.43. The molecule has 0 unspecified atom stereocenters. The summed E-state index contributed by atoms with van der Waals surface area (Å²) in [4.78, 5) is 27.2. The summed E-state index contributed by atoms with van der Waals surface area (Å²) in [5, 5.41) is 11.7. The number of carbonyl (C=O) groups excluding carboxylic acids is 2. The smallest absolute Gasteiger partial charge is 0.260 e. The van der Waals surface area contributed by atoms with E-state index in [2.05, 4.69) is 0 Å². The molecule has 34 heavy (non-hydrogen) atoms. The van der Waals surface area contributed by atoms with Crippen LogP contribution in [0.3, 0.4) is 0 Å². The van der Waals surface area contributed by atoms with Crippen molar-refractivity contribution in [3.8, 4) is 11.5 Å². The molecule has 2 aromatic carbocycles. The minimum Gasteiger partial charge on any atom is -0.486 e. The number of Topliss-reactive ketones (excluding diaryl/α,β-unsaturated/α-hetero) is 1. The Morgan fingerprint density at radius 3 is 2.44 bits per heavy atom. The topological polar surface area (TPSA) is 76.1 Å². The fourth-order valence-electron chi connectivity index (χ4n) is 5.45. The van der Waals surface area contributed by atoms with Crippen LogP contribution in [0, 0.1) is 0 Å². The van der Waals surface area contributed by atoms with Gasteiger partial charge in [-0.15, -0.1) is 0 Å². The molecule has 0 bridgehead atoms. The lowest BCUT2D eigenvalue weighted by Crippen LogP contribution is -2.46. The van der Waals surface area contributed by atoms with Gasteiger partial charge in [0.05, 0.1) is 17.6 Å². The van der Waals surface area contributed by atoms with Crippen LogP contribution in [0.25, 0.3) is 0 Å². The first-order chi connectivity index (χ1) is 16.4. The third-order valence-corrected chi connectivity index (χ3v) is 7.77. The van der Waals surface area contributed by atoms with Crippen molar-refractivity contribution in [2.45, 2.75) is 62.6 Å². The van der Waals surface area contributed by atoms with E-state index >= 15 is 0 Å². The van der Waals surface area contributed by atoms with E-state index in [1.807, 2.05) is 12.1 Å². The monoisotopic (exact) mass is 483 g/mol. The second kappa shape index (κ2) is 9.23. The first kappa shape index (κ1) is 23.2. The number of fused-ring (bicyclic) bond motifs is 1. The zero-order valence-electron chi connectivity index (χ0n) is 19.2. The molecule has 3 aliphatic rings. The van der Waals surface area contributed by atoms with Crippen LogP contribution in [0.1, 0.15) is 67.3 Å². The Morgan fingerprint density at radius 1 is 1.03 bits per heavy atom. The number of hydrogen-bond donors (Lipinski definition) is 1. The van der Waals surface area contributed by atoms with Crippen LogP contribution in [-0.2, 0) is 10.4 Å². The van der Waals surface area contributed by atoms with Crippen molar-refractivity contribution >= 4 is 23.3 Å². The highest BCUT2D eigenvalue weighted by Gasteiger charge is 2.41. The van der Waals surface area contributed by atoms with Crippen LogP contribution in [0.4, 0.5) is 0 Å². The molecule has 6 nitrogen and oxygen atoms in total. The molecule has 1 saturated heterocycles. The number of benzene rings is 2. The van der Waals surface area contributed by atoms with Gasteiger partial charge in [0.1, 0.15) is 17.1 Å². The van der Waals surface area contributed by atoms with Gasteiger partial charge in [-0.1, -0.05) is 30.2 Å². The molecule has 0 radical (unpaired) electrons. The zero-order valence-corrected chi connectivity index (χ0v) is 20.0. The van der Waals surface area contributed by atoms with Crippen molar-refractivity contribution in [1.29, 1.82) is 0 Å². The fourth-order valence-corrected chi connectivity index (χ4v) is 5.58. The minimum absolute atomic E-state index is 0.1000. The zero-order chi connectivity index (χ0) is 23.8. The van der Waals surface area contributed by atoms with Crippen molar-refractivity contribution in [3.05, 3.63) is 58.6 Å². The Bertz CT molecular complexity index is 1070. The molecule has 1 N–H and O–H groups in total. The first-order valence-electron chi connectivity index (χ1n) is 12.1. The molecule has 1 amide bonds. The number of amides is 1. The van der Waals surface area contributed by atoms with Crippen molar-refractivity contribution in [1.82, 2.24) is 4.90 Å². The van der Waals surface area contributed by atoms with E-state index in [1.165, 1.54) is 6.42 Å². The lowest BCUT2D eigenvalue weighted by molar-refractivity contribution is -0.137. The molecule has 2 fully saturated rings. The number of rotatable bonds is 4. The summed E-state index contributed by atoms with van der Waals surface area (Å²) in [6.45, 7) is 0.800. The Balaban J connectivity index is 1.18. The molecule has 2 aromatic rings. The number of carbonyl (C=O) groups is 2. The van der Waals surface area contributed by atoms with Crippen molar-refractivity contribution in [3.63, 3.8) is 0 Å². The van der Waals surface area contributed by atoms with Crippen LogP contribution < -0.4 is 9.47 Å². The molecule has 5 rings (SSSR count). The maximum absolute atomic E-state index is 12.8. The van der Waals surface area contributed by atoms with Gasteiger partial charge in [0.2, 0.25) is 0 Å². The second-order valence-corrected chi connectivity index (χ2v) is 10.2. The molecule has 1 saturated carbocycles. The highest BCUT2D eigenvalue weighted by molar-refractivity contribution is 6.30. The summed E-state index contributed by atoms with van der Waals surface area (Å²) in [6, 6.07) is 12.4. The van der Waals surface area contributed by atoms with Crippen molar-refractivity contribution in [2.75, 3.05) is 19.7 Å². The quantitative estimate of drug-likeness (QED) is 0.669. The Hall–Kier alpha value is -2.57. The molecule has 180 valence electrons. The number of halogens is 1. The molecular weight excluding hydrogens is 454 g/mol. The maximum atomic E-state index is 12.8. The molecule has 0 atom stereocenters. The number of aliphatic hydroxyl groups is 1. The van der Waals surface area contributed by atoms with Gasteiger partial charge in [0.25, 0.3) is 5.91 Å². The summed E-state index contributed by atoms with van der Waals surface area (Å²) in [5.74, 6) is 1.07. The summed E-state index contributed by atoms with van der Waals surface area (Å²) in [5.41, 5.74) is 0.0671. The van der Waals surface area contributed by atoms with Gasteiger partial charge in [0.15, 0.2) is 12.4 Å². The lowest BCUT2D eigenvalue weighted by atomic mass is 9.78. The highest BCUT2D eigenvalue weighted by atomic mass is 35.5. The Kier molecular flexibility index (Phi) is 6.30. The molecule has 1 spiro atoms. The maximum Gasteiger partial charge on any atom is 0.260 e. The van der Waals surface area contributed by atoms with E-state index in [1.54, 1.807) is 35.2 Å². The van der Waals surface area contributed by atoms with Gasteiger partial charge in [-0.2, -0.15) is 0 Å². The summed E-state index contributed by atoms with van der Waals surface area (Å²) < 4.78 is 12.1. The third kappa shape index (κ3) is 4.66. The largest absolute Gasteiger partial charge is 0.486 e. The summed E-state index contributed by atoms with van der Waals surface area (Å²) >= 11 is 5.96. The predicted molar refractivity (Wildman–Crippen MR) is 128 cm³/mol. The molecule has 7 heteroatoms. The lowest BCUT2D eigenvalue weighted by Gasteiger charge is -2.40. The standard InChI is InChI=1S/C27H30ClNO5/c28-20-6-4-19(5-7-20)27(32)12-14-29(15-13-27)25(31)18-33-21-8-9-22-23(30)17-26(34-24(22)16-21)10-2-1-3-11-26/h4-9,16,32H,1-3,10-15,17-18H2. The van der Waals surface area contributed by atoms with E-state index in [0.29, 0.717) is 54.4 Å². The van der Waals surface area contributed by atoms with Crippen LogP contribution in [0.2, 0.25) is 5.02 Å². The van der Waals surface area contributed by atoms with Crippen LogP contribution >= 0.6 is 11.6 Å². The molecule has 2 heterocycles. The number of ether oxygens (including phenoxy) is 2.